The molecule has 0 aliphatic carbocycles. The fourth-order valence-corrected chi connectivity index (χ4v) is 1.41. The summed E-state index contributed by atoms with van der Waals surface area (Å²) in [6.45, 7) is 0. The van der Waals surface area contributed by atoms with E-state index in [1.165, 1.54) is 0 Å². The SMILES string of the molecule is [c]1ccc(-c2nccs2)nc1. The molecule has 0 aliphatic rings. The van der Waals surface area contributed by atoms with Crippen LogP contribution in [0.25, 0.3) is 10.7 Å². The zero-order valence-electron chi connectivity index (χ0n) is 5.69. The summed E-state index contributed by atoms with van der Waals surface area (Å²) < 4.78 is 0. The van der Waals surface area contributed by atoms with E-state index in [1.807, 2.05) is 17.5 Å². The van der Waals surface area contributed by atoms with Gasteiger partial charge in [-0.25, -0.2) is 4.98 Å². The summed E-state index contributed by atoms with van der Waals surface area (Å²) in [5.74, 6) is 0. The predicted molar refractivity (Wildman–Crippen MR) is 44.2 cm³/mol. The summed E-state index contributed by atoms with van der Waals surface area (Å²) in [7, 11) is 0. The molecule has 0 fully saturated rings. The van der Waals surface area contributed by atoms with Crippen molar-refractivity contribution in [2.75, 3.05) is 0 Å². The fraction of sp³-hybridized carbons (Fsp3) is 0. The highest BCUT2D eigenvalue weighted by molar-refractivity contribution is 7.13. The minimum atomic E-state index is 0.916. The van der Waals surface area contributed by atoms with Crippen LogP contribution in [0.3, 0.4) is 0 Å². The van der Waals surface area contributed by atoms with Crippen molar-refractivity contribution in [2.24, 2.45) is 0 Å². The third-order valence-electron chi connectivity index (χ3n) is 1.27. The van der Waals surface area contributed by atoms with E-state index in [2.05, 4.69) is 16.0 Å². The average molecular weight is 161 g/mol. The molecule has 0 bridgehead atoms. The molecule has 0 aromatic carbocycles. The lowest BCUT2D eigenvalue weighted by molar-refractivity contribution is 1.29. The Labute approximate surface area is 68.6 Å². The van der Waals surface area contributed by atoms with Crippen LogP contribution in [-0.2, 0) is 0 Å². The van der Waals surface area contributed by atoms with Gasteiger partial charge in [0.05, 0.1) is 5.69 Å². The lowest BCUT2D eigenvalue weighted by atomic mass is 10.4. The van der Waals surface area contributed by atoms with Crippen LogP contribution in [0.15, 0.2) is 29.9 Å². The van der Waals surface area contributed by atoms with Gasteiger partial charge >= 0.3 is 0 Å². The smallest absolute Gasteiger partial charge is 0.141 e. The second kappa shape index (κ2) is 2.80. The van der Waals surface area contributed by atoms with Gasteiger partial charge in [0.2, 0.25) is 0 Å². The van der Waals surface area contributed by atoms with Crippen molar-refractivity contribution >= 4 is 11.3 Å². The third-order valence-corrected chi connectivity index (χ3v) is 2.06. The van der Waals surface area contributed by atoms with Crippen LogP contribution in [0.5, 0.6) is 0 Å². The monoisotopic (exact) mass is 161 g/mol. The van der Waals surface area contributed by atoms with Crippen LogP contribution in [0.1, 0.15) is 0 Å². The van der Waals surface area contributed by atoms with Gasteiger partial charge < -0.3 is 0 Å². The minimum Gasteiger partial charge on any atom is -0.253 e. The Kier molecular flexibility index (Phi) is 1.65. The van der Waals surface area contributed by atoms with Crippen LogP contribution in [-0.4, -0.2) is 9.97 Å². The van der Waals surface area contributed by atoms with Crippen LogP contribution in [0.2, 0.25) is 0 Å². The van der Waals surface area contributed by atoms with Gasteiger partial charge in [0, 0.05) is 23.8 Å². The number of pyridine rings is 1. The van der Waals surface area contributed by atoms with E-state index in [4.69, 9.17) is 0 Å². The molecule has 1 radical (unpaired) electrons. The van der Waals surface area contributed by atoms with Gasteiger partial charge in [0.1, 0.15) is 5.01 Å². The highest BCUT2D eigenvalue weighted by atomic mass is 32.1. The molecule has 0 amide bonds. The number of nitrogens with zero attached hydrogens (tertiary/aromatic N) is 2. The van der Waals surface area contributed by atoms with E-state index in [9.17, 15) is 0 Å². The van der Waals surface area contributed by atoms with Gasteiger partial charge in [-0.2, -0.15) is 0 Å². The van der Waals surface area contributed by atoms with E-state index in [-0.39, 0.29) is 0 Å². The molecule has 0 aliphatic heterocycles. The van der Waals surface area contributed by atoms with Gasteiger partial charge in [-0.3, -0.25) is 4.98 Å². The largest absolute Gasteiger partial charge is 0.253 e. The zero-order chi connectivity index (χ0) is 7.52. The quantitative estimate of drug-likeness (QED) is 0.639. The van der Waals surface area contributed by atoms with Crippen molar-refractivity contribution in [3.05, 3.63) is 36.0 Å². The van der Waals surface area contributed by atoms with Crippen LogP contribution >= 0.6 is 11.3 Å². The standard InChI is InChI=1S/C8H5N2S/c1-2-4-9-7(3-1)8-10-5-6-11-8/h1,3-6H. The molecule has 2 aromatic heterocycles. The number of hydrogen-bond donors (Lipinski definition) is 0. The zero-order valence-corrected chi connectivity index (χ0v) is 6.51. The minimum absolute atomic E-state index is 0.916. The molecule has 2 rings (SSSR count). The van der Waals surface area contributed by atoms with Crippen molar-refractivity contribution < 1.29 is 0 Å². The van der Waals surface area contributed by atoms with E-state index in [0.717, 1.165) is 10.7 Å². The Morgan fingerprint density at radius 1 is 1.36 bits per heavy atom. The molecule has 2 aromatic rings. The second-order valence-electron chi connectivity index (χ2n) is 1.98. The summed E-state index contributed by atoms with van der Waals surface area (Å²) in [6, 6.07) is 6.60. The van der Waals surface area contributed by atoms with Gasteiger partial charge in [0.25, 0.3) is 0 Å². The van der Waals surface area contributed by atoms with E-state index in [1.54, 1.807) is 23.7 Å². The third kappa shape index (κ3) is 1.28. The maximum atomic E-state index is 4.13. The molecule has 0 saturated heterocycles. The van der Waals surface area contributed by atoms with Crippen LogP contribution < -0.4 is 0 Å². The molecular formula is C8H5N2S. The number of aromatic nitrogens is 2. The highest BCUT2D eigenvalue weighted by Gasteiger charge is 1.97. The van der Waals surface area contributed by atoms with E-state index >= 15 is 0 Å². The molecule has 0 atom stereocenters. The first-order valence-electron chi connectivity index (χ1n) is 3.19. The highest BCUT2D eigenvalue weighted by Crippen LogP contribution is 2.17. The summed E-state index contributed by atoms with van der Waals surface area (Å²) in [5.41, 5.74) is 0.916. The fourth-order valence-electron chi connectivity index (χ4n) is 0.796. The maximum Gasteiger partial charge on any atom is 0.141 e. The Morgan fingerprint density at radius 2 is 2.36 bits per heavy atom. The van der Waals surface area contributed by atoms with Crippen LogP contribution in [0, 0.1) is 6.07 Å². The first-order chi connectivity index (χ1) is 5.47. The van der Waals surface area contributed by atoms with E-state index in [0.29, 0.717) is 0 Å². The number of thiazole rings is 1. The summed E-state index contributed by atoms with van der Waals surface area (Å²) in [4.78, 5) is 8.24. The molecule has 11 heavy (non-hydrogen) atoms. The van der Waals surface area contributed by atoms with Gasteiger partial charge in [0.15, 0.2) is 0 Å². The second-order valence-corrected chi connectivity index (χ2v) is 2.88. The predicted octanol–water partition coefficient (Wildman–Crippen LogP) is 2.01. The Bertz CT molecular complexity index is 315. The van der Waals surface area contributed by atoms with Gasteiger partial charge in [-0.15, -0.1) is 11.3 Å². The Balaban J connectivity index is 2.46. The molecule has 2 heterocycles. The lowest BCUT2D eigenvalue weighted by Gasteiger charge is -1.90. The molecule has 0 N–H and O–H groups in total. The average Bonchev–Trinajstić information content (AvgIpc) is 2.58. The molecular weight excluding hydrogens is 156 g/mol. The summed E-state index contributed by atoms with van der Waals surface area (Å²) >= 11 is 1.59. The van der Waals surface area contributed by atoms with Gasteiger partial charge in [-0.1, -0.05) is 6.07 Å². The van der Waals surface area contributed by atoms with Crippen molar-refractivity contribution in [2.45, 2.75) is 0 Å². The molecule has 0 saturated carbocycles. The van der Waals surface area contributed by atoms with E-state index < -0.39 is 0 Å². The van der Waals surface area contributed by atoms with Crippen LogP contribution in [0.4, 0.5) is 0 Å². The topological polar surface area (TPSA) is 25.8 Å². The van der Waals surface area contributed by atoms with Crippen molar-refractivity contribution in [3.8, 4) is 10.7 Å². The molecule has 53 valence electrons. The Hall–Kier alpha value is -1.22. The number of rotatable bonds is 1. The first-order valence-corrected chi connectivity index (χ1v) is 4.07. The normalized spacial score (nSPS) is 9.82. The molecule has 2 nitrogen and oxygen atoms in total. The lowest BCUT2D eigenvalue weighted by Crippen LogP contribution is -1.78. The van der Waals surface area contributed by atoms with Crippen molar-refractivity contribution in [1.29, 1.82) is 0 Å². The number of hydrogen-bond acceptors (Lipinski definition) is 3. The van der Waals surface area contributed by atoms with Crippen molar-refractivity contribution in [3.63, 3.8) is 0 Å². The first kappa shape index (κ1) is 6.49. The molecule has 0 unspecified atom stereocenters. The summed E-state index contributed by atoms with van der Waals surface area (Å²) in [5, 5.41) is 2.90. The maximum absolute atomic E-state index is 4.13. The van der Waals surface area contributed by atoms with Gasteiger partial charge in [-0.05, 0) is 6.07 Å². The molecule has 0 spiro atoms. The summed E-state index contributed by atoms with van der Waals surface area (Å²) in [6.07, 6.45) is 3.43. The molecule has 3 heteroatoms. The van der Waals surface area contributed by atoms with Crippen molar-refractivity contribution in [1.82, 2.24) is 9.97 Å². The Morgan fingerprint density at radius 3 is 3.00 bits per heavy atom.